The van der Waals surface area contributed by atoms with E-state index in [1.807, 2.05) is 12.1 Å². The number of carbonyl (C=O) groups is 1. The van der Waals surface area contributed by atoms with Crippen LogP contribution in [0.1, 0.15) is 51.4 Å². The van der Waals surface area contributed by atoms with Gasteiger partial charge in [0.15, 0.2) is 5.82 Å². The van der Waals surface area contributed by atoms with Crippen molar-refractivity contribution in [2.24, 2.45) is 10.8 Å². The largest absolute Gasteiger partial charge is 0.492 e. The van der Waals surface area contributed by atoms with Crippen molar-refractivity contribution in [1.29, 1.82) is 0 Å². The molecule has 3 fully saturated rings. The Hall–Kier alpha value is -2.44. The van der Waals surface area contributed by atoms with Gasteiger partial charge >= 0.3 is 5.97 Å². The minimum atomic E-state index is -0.583. The molecule has 7 nitrogen and oxygen atoms in total. The molecule has 0 aromatic carbocycles. The van der Waals surface area contributed by atoms with Crippen molar-refractivity contribution in [3.63, 3.8) is 0 Å². The number of aromatic nitrogens is 4. The molecule has 2 aromatic rings. The Morgan fingerprint density at radius 2 is 2.00 bits per heavy atom. The highest BCUT2D eigenvalue weighted by Gasteiger charge is 2.70. The number of unbranched alkanes of at least 4 members (excludes halogenated alkanes) is 3. The Morgan fingerprint density at radius 1 is 1.19 bits per heavy atom. The number of carboxylic acid groups (broad SMARTS) is 1. The molecule has 2 bridgehead atoms. The quantitative estimate of drug-likeness (QED) is 0.657. The summed E-state index contributed by atoms with van der Waals surface area (Å²) in [6, 6.07) is 3.75. The molecule has 2 heterocycles. The van der Waals surface area contributed by atoms with Crippen molar-refractivity contribution in [3.05, 3.63) is 31.0 Å². The van der Waals surface area contributed by atoms with Crippen molar-refractivity contribution >= 4 is 5.97 Å². The highest BCUT2D eigenvalue weighted by atomic mass is 16.5. The molecule has 5 rings (SSSR count). The molecule has 138 valence electrons. The van der Waals surface area contributed by atoms with Crippen LogP contribution in [0.15, 0.2) is 31.0 Å². The minimum absolute atomic E-state index is 0.328. The number of pyridine rings is 1. The average Bonchev–Trinajstić information content (AvgIpc) is 3.09. The van der Waals surface area contributed by atoms with Gasteiger partial charge in [0, 0.05) is 0 Å². The van der Waals surface area contributed by atoms with Gasteiger partial charge in [-0.3, -0.25) is 4.79 Å². The molecule has 1 N–H and O–H groups in total. The van der Waals surface area contributed by atoms with Gasteiger partial charge in [0.05, 0.1) is 18.2 Å². The second-order valence-corrected chi connectivity index (χ2v) is 7.82. The van der Waals surface area contributed by atoms with E-state index in [1.165, 1.54) is 25.6 Å². The van der Waals surface area contributed by atoms with Crippen LogP contribution < -0.4 is 4.74 Å². The van der Waals surface area contributed by atoms with E-state index in [0.717, 1.165) is 37.9 Å². The Balaban J connectivity index is 1.07. The molecule has 0 aliphatic heterocycles. The highest BCUT2D eigenvalue weighted by molar-refractivity contribution is 5.79. The van der Waals surface area contributed by atoms with Crippen LogP contribution in [0.4, 0.5) is 0 Å². The molecular weight excluding hydrogens is 332 g/mol. The van der Waals surface area contributed by atoms with Crippen molar-refractivity contribution in [3.8, 4) is 11.6 Å². The smallest absolute Gasteiger partial charge is 0.309 e. The van der Waals surface area contributed by atoms with Gasteiger partial charge in [-0.05, 0) is 49.7 Å². The van der Waals surface area contributed by atoms with Crippen LogP contribution in [0.5, 0.6) is 5.75 Å². The van der Waals surface area contributed by atoms with Gasteiger partial charge in [-0.25, -0.2) is 14.6 Å². The Labute approximate surface area is 152 Å². The maximum atomic E-state index is 11.1. The summed E-state index contributed by atoms with van der Waals surface area (Å²) in [5.41, 5.74) is 0.0533. The molecule has 0 amide bonds. The molecule has 0 unspecified atom stereocenters. The first-order valence-electron chi connectivity index (χ1n) is 9.28. The summed E-state index contributed by atoms with van der Waals surface area (Å²) >= 11 is 0. The van der Waals surface area contributed by atoms with Gasteiger partial charge in [-0.15, -0.1) is 0 Å². The molecular formula is C19H24N4O3. The lowest BCUT2D eigenvalue weighted by molar-refractivity contribution is -0.225. The Bertz CT molecular complexity index is 738. The van der Waals surface area contributed by atoms with E-state index in [0.29, 0.717) is 17.8 Å². The third-order valence-corrected chi connectivity index (χ3v) is 5.84. The summed E-state index contributed by atoms with van der Waals surface area (Å²) in [6.45, 7) is 0.692. The topological polar surface area (TPSA) is 90.1 Å². The molecule has 0 saturated heterocycles. The van der Waals surface area contributed by atoms with Gasteiger partial charge in [0.2, 0.25) is 0 Å². The second kappa shape index (κ2) is 6.70. The predicted molar refractivity (Wildman–Crippen MR) is 94.1 cm³/mol. The monoisotopic (exact) mass is 356 g/mol. The van der Waals surface area contributed by atoms with Crippen LogP contribution in [-0.2, 0) is 4.79 Å². The molecule has 0 radical (unpaired) electrons. The third-order valence-electron chi connectivity index (χ3n) is 5.84. The minimum Gasteiger partial charge on any atom is -0.492 e. The van der Waals surface area contributed by atoms with Crippen molar-refractivity contribution in [1.82, 2.24) is 19.7 Å². The maximum absolute atomic E-state index is 11.1. The summed E-state index contributed by atoms with van der Waals surface area (Å²) in [4.78, 5) is 19.3. The molecule has 0 spiro atoms. The first-order valence-corrected chi connectivity index (χ1v) is 9.28. The Kier molecular flexibility index (Phi) is 4.38. The van der Waals surface area contributed by atoms with Gasteiger partial charge in [0.25, 0.3) is 0 Å². The Morgan fingerprint density at radius 3 is 2.65 bits per heavy atom. The van der Waals surface area contributed by atoms with E-state index >= 15 is 0 Å². The number of hydrogen-bond donors (Lipinski definition) is 1. The summed E-state index contributed by atoms with van der Waals surface area (Å²) in [7, 11) is 0. The fourth-order valence-corrected chi connectivity index (χ4v) is 4.56. The van der Waals surface area contributed by atoms with E-state index in [9.17, 15) is 4.79 Å². The van der Waals surface area contributed by atoms with Gasteiger partial charge < -0.3 is 9.84 Å². The van der Waals surface area contributed by atoms with Gasteiger partial charge in [-0.2, -0.15) is 5.10 Å². The lowest BCUT2D eigenvalue weighted by Gasteiger charge is -2.68. The van der Waals surface area contributed by atoms with E-state index in [-0.39, 0.29) is 5.41 Å². The fourth-order valence-electron chi connectivity index (χ4n) is 4.56. The summed E-state index contributed by atoms with van der Waals surface area (Å²) in [5.74, 6) is 0.898. The molecule has 3 saturated carbocycles. The molecule has 7 heteroatoms. The van der Waals surface area contributed by atoms with Crippen LogP contribution in [0.3, 0.4) is 0 Å². The third kappa shape index (κ3) is 3.18. The van der Waals surface area contributed by atoms with Crippen molar-refractivity contribution < 1.29 is 14.6 Å². The van der Waals surface area contributed by atoms with E-state index < -0.39 is 5.97 Å². The van der Waals surface area contributed by atoms with E-state index in [1.54, 1.807) is 17.2 Å². The normalized spacial score (nSPS) is 26.0. The van der Waals surface area contributed by atoms with E-state index in [2.05, 4.69) is 15.1 Å². The van der Waals surface area contributed by atoms with Gasteiger partial charge in [-0.1, -0.05) is 19.3 Å². The SMILES string of the molecule is O=C(O)C12CC(CCCCCCOc3ccc(-n4cncn4)nc3)(C1)C2. The molecule has 2 aromatic heterocycles. The zero-order chi connectivity index (χ0) is 18.0. The number of rotatable bonds is 10. The van der Waals surface area contributed by atoms with Crippen LogP contribution in [-0.4, -0.2) is 37.4 Å². The lowest BCUT2D eigenvalue weighted by Crippen LogP contribution is -2.65. The van der Waals surface area contributed by atoms with Crippen LogP contribution in [0, 0.1) is 10.8 Å². The van der Waals surface area contributed by atoms with Crippen molar-refractivity contribution in [2.45, 2.75) is 51.4 Å². The second-order valence-electron chi connectivity index (χ2n) is 7.82. The van der Waals surface area contributed by atoms with Crippen molar-refractivity contribution in [2.75, 3.05) is 6.61 Å². The lowest BCUT2D eigenvalue weighted by atomic mass is 9.34. The van der Waals surface area contributed by atoms with Crippen LogP contribution in [0.2, 0.25) is 0 Å². The fraction of sp³-hybridized carbons (Fsp3) is 0.579. The van der Waals surface area contributed by atoms with Crippen LogP contribution in [0.25, 0.3) is 5.82 Å². The van der Waals surface area contributed by atoms with E-state index in [4.69, 9.17) is 9.84 Å². The highest BCUT2D eigenvalue weighted by Crippen LogP contribution is 2.75. The predicted octanol–water partition coefficient (Wildman–Crippen LogP) is 3.25. The summed E-state index contributed by atoms with van der Waals surface area (Å²) < 4.78 is 7.34. The molecule has 3 aliphatic carbocycles. The standard InChI is InChI=1S/C19H24N4O3/c24-17(25)19-10-18(11-19,12-19)7-3-1-2-4-8-26-15-5-6-16(21-9-15)23-14-20-13-22-23/h5-6,9,13-14H,1-4,7-8,10-12H2,(H,24,25). The zero-order valence-corrected chi connectivity index (χ0v) is 14.8. The van der Waals surface area contributed by atoms with Gasteiger partial charge in [0.1, 0.15) is 18.4 Å². The first kappa shape index (κ1) is 17.0. The number of ether oxygens (including phenoxy) is 1. The molecule has 26 heavy (non-hydrogen) atoms. The summed E-state index contributed by atoms with van der Waals surface area (Å²) in [6.07, 6.45) is 13.3. The average molecular weight is 356 g/mol. The number of aliphatic carboxylic acids is 1. The maximum Gasteiger partial charge on any atom is 0.309 e. The number of hydrogen-bond acceptors (Lipinski definition) is 5. The number of carboxylic acids is 1. The summed E-state index contributed by atoms with van der Waals surface area (Å²) in [5, 5.41) is 13.2. The first-order chi connectivity index (χ1) is 12.6. The zero-order valence-electron chi connectivity index (χ0n) is 14.8. The molecule has 0 atom stereocenters. The molecule has 3 aliphatic rings. The number of nitrogens with zero attached hydrogens (tertiary/aromatic N) is 4. The van der Waals surface area contributed by atoms with Crippen LogP contribution >= 0.6 is 0 Å².